The van der Waals surface area contributed by atoms with Crippen molar-refractivity contribution < 1.29 is 0 Å². The lowest BCUT2D eigenvalue weighted by molar-refractivity contribution is 0.740. The number of benzene rings is 2. The minimum absolute atomic E-state index is 0.302. The van der Waals surface area contributed by atoms with Crippen molar-refractivity contribution in [3.05, 3.63) is 70.2 Å². The number of para-hydroxylation sites is 2. The molecule has 0 saturated carbocycles. The van der Waals surface area contributed by atoms with Crippen molar-refractivity contribution in [1.82, 2.24) is 40.4 Å². The molecule has 0 aliphatic heterocycles. The highest BCUT2D eigenvalue weighted by Gasteiger charge is 2.17. The van der Waals surface area contributed by atoms with Crippen molar-refractivity contribution in [1.29, 1.82) is 0 Å². The molecule has 124 valence electrons. The average Bonchev–Trinajstić information content (AvgIpc) is 3.26. The lowest BCUT2D eigenvalue weighted by atomic mass is 10.3. The Kier molecular flexibility index (Phi) is 4.12. The third kappa shape index (κ3) is 2.97. The first kappa shape index (κ1) is 15.7. The molecule has 2 aromatic heterocycles. The molecule has 0 aliphatic rings. The Labute approximate surface area is 152 Å². The molecule has 8 nitrogen and oxygen atoms in total. The van der Waals surface area contributed by atoms with Gasteiger partial charge in [0.2, 0.25) is 0 Å². The number of rotatable bonds is 4. The summed E-state index contributed by atoms with van der Waals surface area (Å²) in [5.41, 5.74) is 1.36. The molecule has 0 amide bonds. The van der Waals surface area contributed by atoms with Gasteiger partial charge in [0.05, 0.1) is 27.8 Å². The predicted molar refractivity (Wildman–Crippen MR) is 91.1 cm³/mol. The summed E-state index contributed by atoms with van der Waals surface area (Å²) in [4.78, 5) is 0. The van der Waals surface area contributed by atoms with Crippen LogP contribution >= 0.6 is 23.2 Å². The first-order valence-corrected chi connectivity index (χ1v) is 8.04. The predicted octanol–water partition coefficient (Wildman–Crippen LogP) is 2.54. The van der Waals surface area contributed by atoms with Gasteiger partial charge in [-0.3, -0.25) is 0 Å². The molecule has 10 heteroatoms. The topological polar surface area (TPSA) is 87.2 Å². The monoisotopic (exact) mass is 372 g/mol. The third-order valence-electron chi connectivity index (χ3n) is 3.55. The van der Waals surface area contributed by atoms with Crippen LogP contribution in [0, 0.1) is 0 Å². The van der Waals surface area contributed by atoms with E-state index in [-0.39, 0.29) is 0 Å². The van der Waals surface area contributed by atoms with Gasteiger partial charge in [-0.15, -0.1) is 10.2 Å². The molecule has 0 saturated heterocycles. The molecule has 4 aromatic rings. The quantitative estimate of drug-likeness (QED) is 0.546. The minimum atomic E-state index is 0.302. The van der Waals surface area contributed by atoms with Crippen molar-refractivity contribution in [3.8, 4) is 11.4 Å². The van der Waals surface area contributed by atoms with Crippen LogP contribution in [-0.4, -0.2) is 40.4 Å². The molecule has 0 aliphatic carbocycles. The number of hydrogen-bond donors (Lipinski definition) is 0. The van der Waals surface area contributed by atoms with Crippen molar-refractivity contribution in [2.75, 3.05) is 0 Å². The van der Waals surface area contributed by atoms with Gasteiger partial charge in [-0.2, -0.15) is 9.36 Å². The number of aromatic nitrogens is 8. The Morgan fingerprint density at radius 1 is 0.680 bits per heavy atom. The summed E-state index contributed by atoms with van der Waals surface area (Å²) in [7, 11) is 0. The maximum atomic E-state index is 6.24. The summed E-state index contributed by atoms with van der Waals surface area (Å²) >= 11 is 12.5. The summed E-state index contributed by atoms with van der Waals surface area (Å²) in [6.07, 6.45) is 0.302. The lowest BCUT2D eigenvalue weighted by Crippen LogP contribution is -2.09. The Morgan fingerprint density at radius 3 is 1.56 bits per heavy atom. The van der Waals surface area contributed by atoms with Crippen LogP contribution in [0.15, 0.2) is 48.5 Å². The van der Waals surface area contributed by atoms with Crippen molar-refractivity contribution in [2.45, 2.75) is 6.42 Å². The first-order valence-electron chi connectivity index (χ1n) is 7.28. The van der Waals surface area contributed by atoms with E-state index >= 15 is 0 Å². The molecule has 0 bridgehead atoms. The largest absolute Gasteiger partial charge is 0.195 e. The van der Waals surface area contributed by atoms with Crippen LogP contribution in [0.5, 0.6) is 0 Å². The van der Waals surface area contributed by atoms with Crippen LogP contribution in [0.3, 0.4) is 0 Å². The van der Waals surface area contributed by atoms with Gasteiger partial charge in [-0.25, -0.2) is 0 Å². The van der Waals surface area contributed by atoms with E-state index in [9.17, 15) is 0 Å². The normalized spacial score (nSPS) is 11.0. The van der Waals surface area contributed by atoms with E-state index in [1.54, 1.807) is 21.5 Å². The Hall–Kier alpha value is -2.84. The van der Waals surface area contributed by atoms with Gasteiger partial charge >= 0.3 is 0 Å². The van der Waals surface area contributed by atoms with Crippen LogP contribution in [0.2, 0.25) is 10.0 Å². The van der Waals surface area contributed by atoms with Gasteiger partial charge in [-0.1, -0.05) is 47.5 Å². The van der Waals surface area contributed by atoms with E-state index in [1.807, 2.05) is 36.4 Å². The molecule has 0 unspecified atom stereocenters. The zero-order valence-corrected chi connectivity index (χ0v) is 14.2. The number of hydrogen-bond acceptors (Lipinski definition) is 6. The van der Waals surface area contributed by atoms with E-state index < -0.39 is 0 Å². The van der Waals surface area contributed by atoms with Gasteiger partial charge in [-0.05, 0) is 45.1 Å². The lowest BCUT2D eigenvalue weighted by Gasteiger charge is -2.07. The van der Waals surface area contributed by atoms with E-state index in [2.05, 4.69) is 31.1 Å². The number of halogens is 2. The van der Waals surface area contributed by atoms with E-state index in [1.165, 1.54) is 0 Å². The standard InChI is InChI=1S/C15H10Cl2N8/c16-10-5-1-3-7-12(10)24-14(18-20-22-24)9-15-19-21-23-25(15)13-8-4-2-6-11(13)17/h1-8H,9H2. The van der Waals surface area contributed by atoms with Crippen molar-refractivity contribution >= 4 is 23.2 Å². The summed E-state index contributed by atoms with van der Waals surface area (Å²) in [5.74, 6) is 1.10. The van der Waals surface area contributed by atoms with Crippen LogP contribution in [0.25, 0.3) is 11.4 Å². The van der Waals surface area contributed by atoms with Gasteiger partial charge in [0.25, 0.3) is 0 Å². The third-order valence-corrected chi connectivity index (χ3v) is 4.18. The Balaban J connectivity index is 1.73. The molecular weight excluding hydrogens is 363 g/mol. The molecular formula is C15H10Cl2N8. The zero-order valence-electron chi connectivity index (χ0n) is 12.7. The Morgan fingerprint density at radius 2 is 1.12 bits per heavy atom. The fourth-order valence-electron chi connectivity index (χ4n) is 2.39. The van der Waals surface area contributed by atoms with Crippen molar-refractivity contribution in [3.63, 3.8) is 0 Å². The van der Waals surface area contributed by atoms with Gasteiger partial charge < -0.3 is 0 Å². The summed E-state index contributed by atoms with van der Waals surface area (Å²) in [6, 6.07) is 14.6. The molecule has 0 atom stereocenters. The van der Waals surface area contributed by atoms with E-state index in [0.717, 1.165) is 0 Å². The molecule has 0 fully saturated rings. The highest BCUT2D eigenvalue weighted by molar-refractivity contribution is 6.32. The van der Waals surface area contributed by atoms with Crippen LogP contribution in [-0.2, 0) is 6.42 Å². The SMILES string of the molecule is Clc1ccccc1-n1nnnc1Cc1nnnn1-c1ccccc1Cl. The van der Waals surface area contributed by atoms with Gasteiger partial charge in [0, 0.05) is 0 Å². The van der Waals surface area contributed by atoms with Crippen LogP contribution < -0.4 is 0 Å². The second-order valence-electron chi connectivity index (χ2n) is 5.09. The highest BCUT2D eigenvalue weighted by atomic mass is 35.5. The molecule has 0 N–H and O–H groups in total. The maximum Gasteiger partial charge on any atom is 0.164 e. The summed E-state index contributed by atoms with van der Waals surface area (Å²) in [6.45, 7) is 0. The highest BCUT2D eigenvalue weighted by Crippen LogP contribution is 2.22. The second-order valence-corrected chi connectivity index (χ2v) is 5.91. The van der Waals surface area contributed by atoms with Gasteiger partial charge in [0.1, 0.15) is 0 Å². The van der Waals surface area contributed by atoms with E-state index in [0.29, 0.717) is 39.5 Å². The van der Waals surface area contributed by atoms with Gasteiger partial charge in [0.15, 0.2) is 11.6 Å². The molecule has 4 rings (SSSR count). The molecule has 2 heterocycles. The summed E-state index contributed by atoms with van der Waals surface area (Å²) in [5, 5.41) is 24.7. The van der Waals surface area contributed by atoms with Crippen LogP contribution in [0.1, 0.15) is 11.6 Å². The summed E-state index contributed by atoms with van der Waals surface area (Å²) < 4.78 is 3.13. The molecule has 0 radical (unpaired) electrons. The Bertz CT molecular complexity index is 944. The zero-order chi connectivity index (χ0) is 17.2. The smallest absolute Gasteiger partial charge is 0.164 e. The number of tetrazole rings is 2. The molecule has 0 spiro atoms. The fraction of sp³-hybridized carbons (Fsp3) is 0.0667. The number of nitrogens with zero attached hydrogens (tertiary/aromatic N) is 8. The second kappa shape index (κ2) is 6.58. The minimum Gasteiger partial charge on any atom is -0.195 e. The van der Waals surface area contributed by atoms with Crippen LogP contribution in [0.4, 0.5) is 0 Å². The fourth-order valence-corrected chi connectivity index (χ4v) is 2.83. The van der Waals surface area contributed by atoms with E-state index in [4.69, 9.17) is 23.2 Å². The first-order chi connectivity index (χ1) is 12.2. The van der Waals surface area contributed by atoms with Crippen molar-refractivity contribution in [2.24, 2.45) is 0 Å². The molecule has 2 aromatic carbocycles. The maximum absolute atomic E-state index is 6.24. The average molecular weight is 373 g/mol. The molecule has 25 heavy (non-hydrogen) atoms.